The van der Waals surface area contributed by atoms with Crippen LogP contribution >= 0.6 is 0 Å². The molecule has 0 aliphatic rings. The number of hydrogen-bond acceptors (Lipinski definition) is 4. The summed E-state index contributed by atoms with van der Waals surface area (Å²) in [7, 11) is -3.80. The van der Waals surface area contributed by atoms with E-state index in [2.05, 4.69) is 20.2 Å². The average Bonchev–Trinajstić information content (AvgIpc) is 2.87. The molecule has 0 radical (unpaired) electrons. The molecule has 7 nitrogen and oxygen atoms in total. The van der Waals surface area contributed by atoms with Gasteiger partial charge in [-0.2, -0.15) is 5.10 Å². The van der Waals surface area contributed by atoms with Gasteiger partial charge in [-0.25, -0.2) is 13.1 Å². The third-order valence-electron chi connectivity index (χ3n) is 3.76. The number of anilines is 1. The largest absolute Gasteiger partial charge is 0.324 e. The first-order valence-corrected chi connectivity index (χ1v) is 9.14. The Kier molecular flexibility index (Phi) is 5.40. The molecule has 1 aromatic carbocycles. The lowest BCUT2D eigenvalue weighted by Crippen LogP contribution is -2.33. The first kappa shape index (κ1) is 18.2. The number of aromatic nitrogens is 2. The predicted octanol–water partition coefficient (Wildman–Crippen LogP) is 1.81. The summed E-state index contributed by atoms with van der Waals surface area (Å²) >= 11 is 0. The standard InChI is InChI=1S/C16H22N4O3S/c1-5-13-8-6-7-10(2)15(13)18-14(21)9-17-24(22,23)16-11(3)19-20-12(16)4/h6-8,17H,5,9H2,1-4H3,(H,18,21)(H,19,20). The number of para-hydroxylation sites is 1. The smallest absolute Gasteiger partial charge is 0.244 e. The highest BCUT2D eigenvalue weighted by Gasteiger charge is 2.23. The van der Waals surface area contributed by atoms with Crippen molar-refractivity contribution < 1.29 is 13.2 Å². The van der Waals surface area contributed by atoms with Gasteiger partial charge in [-0.1, -0.05) is 25.1 Å². The highest BCUT2D eigenvalue weighted by Crippen LogP contribution is 2.21. The monoisotopic (exact) mass is 350 g/mol. The van der Waals surface area contributed by atoms with Gasteiger partial charge in [-0.05, 0) is 38.3 Å². The normalized spacial score (nSPS) is 11.5. The quantitative estimate of drug-likeness (QED) is 0.739. The first-order valence-electron chi connectivity index (χ1n) is 7.65. The fraction of sp³-hybridized carbons (Fsp3) is 0.375. The zero-order chi connectivity index (χ0) is 17.9. The van der Waals surface area contributed by atoms with Crippen LogP contribution in [0.3, 0.4) is 0 Å². The fourth-order valence-electron chi connectivity index (χ4n) is 2.55. The highest BCUT2D eigenvalue weighted by atomic mass is 32.2. The van der Waals surface area contributed by atoms with Crippen molar-refractivity contribution in [3.8, 4) is 0 Å². The van der Waals surface area contributed by atoms with Gasteiger partial charge in [-0.15, -0.1) is 0 Å². The van der Waals surface area contributed by atoms with Crippen LogP contribution in [0.15, 0.2) is 23.1 Å². The van der Waals surface area contributed by atoms with Crippen LogP contribution in [0.1, 0.15) is 29.4 Å². The molecule has 24 heavy (non-hydrogen) atoms. The SMILES string of the molecule is CCc1cccc(C)c1NC(=O)CNS(=O)(=O)c1c(C)n[nH]c1C. The third-order valence-corrected chi connectivity index (χ3v) is 5.42. The Balaban J connectivity index is 2.09. The van der Waals surface area contributed by atoms with Crippen molar-refractivity contribution in [1.29, 1.82) is 0 Å². The Hall–Kier alpha value is -2.19. The molecule has 0 fully saturated rings. The van der Waals surface area contributed by atoms with E-state index in [9.17, 15) is 13.2 Å². The number of carbonyl (C=O) groups excluding carboxylic acids is 1. The number of rotatable bonds is 6. The van der Waals surface area contributed by atoms with E-state index in [-0.39, 0.29) is 11.4 Å². The average molecular weight is 350 g/mol. The van der Waals surface area contributed by atoms with Crippen LogP contribution in [0.25, 0.3) is 0 Å². The van der Waals surface area contributed by atoms with Crippen molar-refractivity contribution in [2.45, 2.75) is 39.0 Å². The molecule has 1 amide bonds. The zero-order valence-electron chi connectivity index (χ0n) is 14.2. The molecule has 0 bridgehead atoms. The summed E-state index contributed by atoms with van der Waals surface area (Å²) < 4.78 is 27.0. The predicted molar refractivity (Wildman–Crippen MR) is 92.4 cm³/mol. The Morgan fingerprint density at radius 1 is 1.25 bits per heavy atom. The van der Waals surface area contributed by atoms with Gasteiger partial charge in [0.15, 0.2) is 0 Å². The summed E-state index contributed by atoms with van der Waals surface area (Å²) in [5.41, 5.74) is 3.49. The van der Waals surface area contributed by atoms with Gasteiger partial charge >= 0.3 is 0 Å². The number of benzene rings is 1. The van der Waals surface area contributed by atoms with Crippen LogP contribution in [0.2, 0.25) is 0 Å². The molecule has 0 unspecified atom stereocenters. The Morgan fingerprint density at radius 2 is 1.96 bits per heavy atom. The van der Waals surface area contributed by atoms with E-state index in [0.29, 0.717) is 11.4 Å². The number of H-pyrrole nitrogens is 1. The zero-order valence-corrected chi connectivity index (χ0v) is 15.0. The molecule has 8 heteroatoms. The maximum absolute atomic E-state index is 12.3. The van der Waals surface area contributed by atoms with Gasteiger partial charge in [0.05, 0.1) is 17.9 Å². The molecule has 1 aromatic heterocycles. The number of aromatic amines is 1. The lowest BCUT2D eigenvalue weighted by molar-refractivity contribution is -0.115. The van der Waals surface area contributed by atoms with Gasteiger partial charge in [0, 0.05) is 5.69 Å². The molecule has 0 saturated carbocycles. The molecule has 0 aliphatic heterocycles. The number of hydrogen-bond donors (Lipinski definition) is 3. The van der Waals surface area contributed by atoms with E-state index in [0.717, 1.165) is 23.2 Å². The Bertz CT molecular complexity index is 837. The fourth-order valence-corrected chi connectivity index (χ4v) is 3.90. The van der Waals surface area contributed by atoms with Gasteiger partial charge < -0.3 is 5.32 Å². The van der Waals surface area contributed by atoms with Gasteiger partial charge in [0.25, 0.3) is 0 Å². The molecular formula is C16H22N4O3S. The van der Waals surface area contributed by atoms with Gasteiger partial charge in [0.2, 0.25) is 15.9 Å². The number of carbonyl (C=O) groups is 1. The minimum Gasteiger partial charge on any atom is -0.324 e. The van der Waals surface area contributed by atoms with Crippen molar-refractivity contribution >= 4 is 21.6 Å². The van der Waals surface area contributed by atoms with Crippen LogP contribution in [0.5, 0.6) is 0 Å². The van der Waals surface area contributed by atoms with E-state index < -0.39 is 15.9 Å². The Morgan fingerprint density at radius 3 is 2.54 bits per heavy atom. The van der Waals surface area contributed by atoms with Crippen LogP contribution in [0, 0.1) is 20.8 Å². The summed E-state index contributed by atoms with van der Waals surface area (Å²) in [5, 5.41) is 9.28. The van der Waals surface area contributed by atoms with E-state index in [1.807, 2.05) is 32.0 Å². The minimum absolute atomic E-state index is 0.0837. The topological polar surface area (TPSA) is 104 Å². The number of nitrogens with one attached hydrogen (secondary N) is 3. The van der Waals surface area contributed by atoms with Crippen LogP contribution in [-0.2, 0) is 21.2 Å². The highest BCUT2D eigenvalue weighted by molar-refractivity contribution is 7.89. The lowest BCUT2D eigenvalue weighted by Gasteiger charge is -2.13. The second-order valence-corrected chi connectivity index (χ2v) is 7.30. The van der Waals surface area contributed by atoms with Gasteiger partial charge in [0.1, 0.15) is 4.90 Å². The van der Waals surface area contributed by atoms with Crippen molar-refractivity contribution in [2.75, 3.05) is 11.9 Å². The second-order valence-electron chi connectivity index (χ2n) is 5.60. The maximum atomic E-state index is 12.3. The summed E-state index contributed by atoms with van der Waals surface area (Å²) in [6, 6.07) is 5.76. The molecule has 0 atom stereocenters. The summed E-state index contributed by atoms with van der Waals surface area (Å²) in [6.07, 6.45) is 0.774. The summed E-state index contributed by atoms with van der Waals surface area (Å²) in [6.45, 7) is 6.77. The van der Waals surface area contributed by atoms with E-state index in [4.69, 9.17) is 0 Å². The van der Waals surface area contributed by atoms with Crippen molar-refractivity contribution in [3.63, 3.8) is 0 Å². The number of amides is 1. The van der Waals surface area contributed by atoms with E-state index in [1.165, 1.54) is 0 Å². The van der Waals surface area contributed by atoms with Gasteiger partial charge in [-0.3, -0.25) is 9.89 Å². The van der Waals surface area contributed by atoms with Crippen LogP contribution < -0.4 is 10.0 Å². The number of sulfonamides is 1. The van der Waals surface area contributed by atoms with Crippen molar-refractivity contribution in [3.05, 3.63) is 40.7 Å². The number of aryl methyl sites for hydroxylation is 4. The Labute approximate surface area is 141 Å². The second kappa shape index (κ2) is 7.14. The summed E-state index contributed by atoms with van der Waals surface area (Å²) in [5.74, 6) is -0.415. The van der Waals surface area contributed by atoms with Crippen molar-refractivity contribution in [1.82, 2.24) is 14.9 Å². The molecule has 130 valence electrons. The summed E-state index contributed by atoms with van der Waals surface area (Å²) in [4.78, 5) is 12.2. The molecular weight excluding hydrogens is 328 g/mol. The minimum atomic E-state index is -3.80. The lowest BCUT2D eigenvalue weighted by atomic mass is 10.1. The third kappa shape index (κ3) is 3.82. The molecule has 0 spiro atoms. The first-order chi connectivity index (χ1) is 11.3. The maximum Gasteiger partial charge on any atom is 0.244 e. The van der Waals surface area contributed by atoms with E-state index >= 15 is 0 Å². The van der Waals surface area contributed by atoms with E-state index in [1.54, 1.807) is 13.8 Å². The molecule has 0 saturated heterocycles. The van der Waals surface area contributed by atoms with Crippen molar-refractivity contribution in [2.24, 2.45) is 0 Å². The van der Waals surface area contributed by atoms with Crippen LogP contribution in [0.4, 0.5) is 5.69 Å². The molecule has 2 aromatic rings. The molecule has 0 aliphatic carbocycles. The number of nitrogens with zero attached hydrogens (tertiary/aromatic N) is 1. The van der Waals surface area contributed by atoms with Crippen LogP contribution in [-0.4, -0.2) is 31.1 Å². The molecule has 2 rings (SSSR count). The molecule has 3 N–H and O–H groups in total. The molecule has 1 heterocycles.